The first-order valence-electron chi connectivity index (χ1n) is 6.49. The Hall–Kier alpha value is -1.61. The zero-order valence-electron chi connectivity index (χ0n) is 10.6. The Morgan fingerprint density at radius 2 is 1.94 bits per heavy atom. The molecule has 3 nitrogen and oxygen atoms in total. The molecule has 18 heavy (non-hydrogen) atoms. The van der Waals surface area contributed by atoms with Crippen LogP contribution in [0.5, 0.6) is 0 Å². The van der Waals surface area contributed by atoms with Crippen LogP contribution in [-0.4, -0.2) is 11.4 Å². The normalized spacial score (nSPS) is 17.3. The Balaban J connectivity index is 1.94. The van der Waals surface area contributed by atoms with Gasteiger partial charge in [-0.25, -0.2) is 5.43 Å². The molecule has 0 heterocycles. The number of nitrogens with one attached hydrogen (secondary N) is 2. The fourth-order valence-corrected chi connectivity index (χ4v) is 2.56. The van der Waals surface area contributed by atoms with Gasteiger partial charge >= 0.3 is 0 Å². The van der Waals surface area contributed by atoms with Crippen LogP contribution in [0.4, 0.5) is 0 Å². The van der Waals surface area contributed by atoms with E-state index in [9.17, 15) is 4.79 Å². The summed E-state index contributed by atoms with van der Waals surface area (Å²) in [6.07, 6.45) is 7.42. The molecule has 2 N–H and O–H groups in total. The molecule has 0 atom stereocenters. The predicted molar refractivity (Wildman–Crippen MR) is 73.1 cm³/mol. The van der Waals surface area contributed by atoms with E-state index in [1.807, 2.05) is 36.4 Å². The molecule has 1 aliphatic rings. The smallest absolute Gasteiger partial charge is 0.265 e. The minimum Gasteiger partial charge on any atom is -0.287 e. The lowest BCUT2D eigenvalue weighted by Gasteiger charge is -2.29. The summed E-state index contributed by atoms with van der Waals surface area (Å²) in [5.74, 6) is -0.0778. The number of hydrogen-bond donors (Lipinski definition) is 2. The van der Waals surface area contributed by atoms with Crippen LogP contribution in [0.25, 0.3) is 0 Å². The quantitative estimate of drug-likeness (QED) is 0.617. The highest BCUT2D eigenvalue weighted by Gasteiger charge is 2.32. The zero-order chi connectivity index (χ0) is 12.8. The standard InChI is InChI=1S/C15H20N2O/c1-2-10-15(11-6-7-12-15)17-16-14(18)13-8-4-3-5-9-13/h2-5,8-9,17H,1,6-7,10-12H2,(H,16,18). The van der Waals surface area contributed by atoms with Gasteiger partial charge in [-0.2, -0.15) is 0 Å². The van der Waals surface area contributed by atoms with E-state index in [0.29, 0.717) is 5.56 Å². The van der Waals surface area contributed by atoms with E-state index in [1.165, 1.54) is 12.8 Å². The minimum atomic E-state index is -0.0778. The molecular weight excluding hydrogens is 224 g/mol. The first kappa shape index (κ1) is 12.8. The highest BCUT2D eigenvalue weighted by molar-refractivity contribution is 5.93. The number of hydrogen-bond acceptors (Lipinski definition) is 2. The molecule has 1 aromatic rings. The van der Waals surface area contributed by atoms with Crippen LogP contribution in [0.2, 0.25) is 0 Å². The van der Waals surface area contributed by atoms with Crippen molar-refractivity contribution in [2.24, 2.45) is 0 Å². The van der Waals surface area contributed by atoms with Gasteiger partial charge < -0.3 is 0 Å². The van der Waals surface area contributed by atoms with Gasteiger partial charge in [-0.15, -0.1) is 6.58 Å². The molecule has 1 aromatic carbocycles. The Labute approximate surface area is 108 Å². The minimum absolute atomic E-state index is 0.00614. The van der Waals surface area contributed by atoms with Crippen molar-refractivity contribution >= 4 is 5.91 Å². The van der Waals surface area contributed by atoms with Crippen molar-refractivity contribution < 1.29 is 4.79 Å². The molecule has 2 rings (SSSR count). The molecule has 1 aliphatic carbocycles. The molecule has 1 fully saturated rings. The average Bonchev–Trinajstić information content (AvgIpc) is 2.87. The summed E-state index contributed by atoms with van der Waals surface area (Å²) >= 11 is 0. The highest BCUT2D eigenvalue weighted by atomic mass is 16.2. The van der Waals surface area contributed by atoms with Crippen LogP contribution < -0.4 is 10.9 Å². The van der Waals surface area contributed by atoms with Crippen LogP contribution in [-0.2, 0) is 0 Å². The summed E-state index contributed by atoms with van der Waals surface area (Å²) in [5, 5.41) is 0. The third-order valence-electron chi connectivity index (χ3n) is 3.57. The average molecular weight is 244 g/mol. The van der Waals surface area contributed by atoms with Gasteiger partial charge in [0.2, 0.25) is 0 Å². The van der Waals surface area contributed by atoms with E-state index in [-0.39, 0.29) is 11.4 Å². The molecule has 0 spiro atoms. The molecule has 96 valence electrons. The lowest BCUT2D eigenvalue weighted by Crippen LogP contribution is -2.52. The zero-order valence-corrected chi connectivity index (χ0v) is 10.6. The molecule has 0 bridgehead atoms. The molecule has 1 amide bonds. The predicted octanol–water partition coefficient (Wildman–Crippen LogP) is 2.81. The topological polar surface area (TPSA) is 41.1 Å². The fourth-order valence-electron chi connectivity index (χ4n) is 2.56. The third kappa shape index (κ3) is 2.99. The number of hydrazine groups is 1. The molecule has 0 unspecified atom stereocenters. The second kappa shape index (κ2) is 5.83. The van der Waals surface area contributed by atoms with Crippen LogP contribution in [0.1, 0.15) is 42.5 Å². The van der Waals surface area contributed by atoms with Crippen molar-refractivity contribution in [3.63, 3.8) is 0 Å². The van der Waals surface area contributed by atoms with E-state index < -0.39 is 0 Å². The van der Waals surface area contributed by atoms with E-state index in [1.54, 1.807) is 0 Å². The van der Waals surface area contributed by atoms with Crippen molar-refractivity contribution in [3.8, 4) is 0 Å². The Morgan fingerprint density at radius 1 is 1.28 bits per heavy atom. The lowest BCUT2D eigenvalue weighted by molar-refractivity contribution is 0.0904. The third-order valence-corrected chi connectivity index (χ3v) is 3.57. The number of benzene rings is 1. The van der Waals surface area contributed by atoms with Gasteiger partial charge in [-0.3, -0.25) is 10.2 Å². The first-order chi connectivity index (χ1) is 8.76. The number of carbonyl (C=O) groups is 1. The summed E-state index contributed by atoms with van der Waals surface area (Å²) in [6.45, 7) is 3.80. The maximum atomic E-state index is 11.9. The van der Waals surface area contributed by atoms with E-state index in [0.717, 1.165) is 19.3 Å². The van der Waals surface area contributed by atoms with Crippen LogP contribution >= 0.6 is 0 Å². The van der Waals surface area contributed by atoms with Crippen molar-refractivity contribution in [2.75, 3.05) is 0 Å². The summed E-state index contributed by atoms with van der Waals surface area (Å²) in [5.41, 5.74) is 6.74. The van der Waals surface area contributed by atoms with Gasteiger partial charge in [0.1, 0.15) is 0 Å². The van der Waals surface area contributed by atoms with Crippen LogP contribution in [0, 0.1) is 0 Å². The van der Waals surface area contributed by atoms with Crippen molar-refractivity contribution in [3.05, 3.63) is 48.6 Å². The maximum Gasteiger partial charge on any atom is 0.265 e. The SMILES string of the molecule is C=CCC1(NNC(=O)c2ccccc2)CCCC1. The van der Waals surface area contributed by atoms with E-state index >= 15 is 0 Å². The molecule has 0 aromatic heterocycles. The number of rotatable bonds is 5. The Kier molecular flexibility index (Phi) is 4.15. The van der Waals surface area contributed by atoms with E-state index in [2.05, 4.69) is 17.4 Å². The van der Waals surface area contributed by atoms with Gasteiger partial charge in [0.25, 0.3) is 5.91 Å². The maximum absolute atomic E-state index is 11.9. The summed E-state index contributed by atoms with van der Waals surface area (Å²) in [7, 11) is 0. The summed E-state index contributed by atoms with van der Waals surface area (Å²) in [4.78, 5) is 11.9. The molecule has 3 heteroatoms. The van der Waals surface area contributed by atoms with Crippen LogP contribution in [0.3, 0.4) is 0 Å². The largest absolute Gasteiger partial charge is 0.287 e. The van der Waals surface area contributed by atoms with Gasteiger partial charge in [0, 0.05) is 11.1 Å². The monoisotopic (exact) mass is 244 g/mol. The molecule has 0 radical (unpaired) electrons. The second-order valence-electron chi connectivity index (χ2n) is 4.93. The van der Waals surface area contributed by atoms with E-state index in [4.69, 9.17) is 0 Å². The summed E-state index contributed by atoms with van der Waals surface area (Å²) in [6, 6.07) is 9.26. The van der Waals surface area contributed by atoms with Gasteiger partial charge in [-0.1, -0.05) is 37.1 Å². The molecule has 1 saturated carbocycles. The fraction of sp³-hybridized carbons (Fsp3) is 0.400. The second-order valence-corrected chi connectivity index (χ2v) is 4.93. The molecule has 0 aliphatic heterocycles. The van der Waals surface area contributed by atoms with Crippen LogP contribution in [0.15, 0.2) is 43.0 Å². The number of carbonyl (C=O) groups excluding carboxylic acids is 1. The molecular formula is C15H20N2O. The number of amides is 1. The van der Waals surface area contributed by atoms with Crippen molar-refractivity contribution in [1.82, 2.24) is 10.9 Å². The van der Waals surface area contributed by atoms with Gasteiger partial charge in [0.15, 0.2) is 0 Å². The highest BCUT2D eigenvalue weighted by Crippen LogP contribution is 2.32. The summed E-state index contributed by atoms with van der Waals surface area (Å²) < 4.78 is 0. The Bertz CT molecular complexity index is 408. The van der Waals surface area contributed by atoms with Crippen molar-refractivity contribution in [1.29, 1.82) is 0 Å². The van der Waals surface area contributed by atoms with Gasteiger partial charge in [-0.05, 0) is 31.4 Å². The Morgan fingerprint density at radius 3 is 2.56 bits per heavy atom. The van der Waals surface area contributed by atoms with Gasteiger partial charge in [0.05, 0.1) is 0 Å². The molecule has 0 saturated heterocycles. The lowest BCUT2D eigenvalue weighted by atomic mass is 9.94. The first-order valence-corrected chi connectivity index (χ1v) is 6.49. The van der Waals surface area contributed by atoms with Crippen molar-refractivity contribution in [2.45, 2.75) is 37.6 Å².